The van der Waals surface area contributed by atoms with E-state index in [2.05, 4.69) is 4.98 Å². The van der Waals surface area contributed by atoms with Crippen LogP contribution in [0.2, 0.25) is 0 Å². The molecular formula is C12H13BFNO3. The first kappa shape index (κ1) is 12.9. The number of nitrogens with zero attached hydrogens (tertiary/aromatic N) is 1. The van der Waals surface area contributed by atoms with Crippen LogP contribution >= 0.6 is 0 Å². The molecule has 0 radical (unpaired) electrons. The van der Waals surface area contributed by atoms with Gasteiger partial charge in [0.25, 0.3) is 0 Å². The molecule has 4 nitrogen and oxygen atoms in total. The summed E-state index contributed by atoms with van der Waals surface area (Å²) in [7, 11) is -1.77. The zero-order chi connectivity index (χ0) is 13.5. The molecular weight excluding hydrogens is 236 g/mol. The van der Waals surface area contributed by atoms with E-state index in [1.165, 1.54) is 12.3 Å². The summed E-state index contributed by atoms with van der Waals surface area (Å²) in [4.78, 5) is 3.91. The van der Waals surface area contributed by atoms with E-state index in [4.69, 9.17) is 10.0 Å². The van der Waals surface area contributed by atoms with Crippen LogP contribution in [0.4, 0.5) is 4.39 Å². The fraction of sp³-hybridized carbons (Fsp3) is 0.250. The lowest BCUT2D eigenvalue weighted by atomic mass is 9.78. The first-order valence-electron chi connectivity index (χ1n) is 5.48. The minimum atomic E-state index is -1.77. The molecule has 0 spiro atoms. The third-order valence-corrected chi connectivity index (χ3v) is 2.78. The maximum absolute atomic E-state index is 13.8. The molecule has 0 atom stereocenters. The molecule has 0 aliphatic heterocycles. The molecule has 1 aromatic heterocycles. The van der Waals surface area contributed by atoms with Crippen molar-refractivity contribution in [3.63, 3.8) is 0 Å². The SMILES string of the molecule is CC(C)(O)c1ccnc2c(F)cc(B(O)O)cc12. The van der Waals surface area contributed by atoms with E-state index in [0.29, 0.717) is 10.9 Å². The third kappa shape index (κ3) is 2.22. The van der Waals surface area contributed by atoms with Crippen LogP contribution in [0, 0.1) is 5.82 Å². The predicted octanol–water partition coefficient (Wildman–Crippen LogP) is 0.281. The predicted molar refractivity (Wildman–Crippen MR) is 66.8 cm³/mol. The Balaban J connectivity index is 2.82. The van der Waals surface area contributed by atoms with E-state index in [1.807, 2.05) is 0 Å². The van der Waals surface area contributed by atoms with Crippen molar-refractivity contribution in [1.82, 2.24) is 4.98 Å². The lowest BCUT2D eigenvalue weighted by Gasteiger charge is -2.20. The zero-order valence-electron chi connectivity index (χ0n) is 10.1. The average molecular weight is 249 g/mol. The molecule has 3 N–H and O–H groups in total. The summed E-state index contributed by atoms with van der Waals surface area (Å²) in [6.45, 7) is 3.14. The van der Waals surface area contributed by atoms with Gasteiger partial charge in [0.15, 0.2) is 0 Å². The van der Waals surface area contributed by atoms with E-state index in [-0.39, 0.29) is 11.0 Å². The molecule has 0 aliphatic carbocycles. The number of fused-ring (bicyclic) bond motifs is 1. The van der Waals surface area contributed by atoms with Crippen molar-refractivity contribution >= 4 is 23.5 Å². The number of aliphatic hydroxyl groups is 1. The van der Waals surface area contributed by atoms with E-state index in [1.54, 1.807) is 19.9 Å². The van der Waals surface area contributed by atoms with Crippen molar-refractivity contribution in [1.29, 1.82) is 0 Å². The van der Waals surface area contributed by atoms with Gasteiger partial charge in [-0.2, -0.15) is 0 Å². The minimum Gasteiger partial charge on any atom is -0.423 e. The second-order valence-electron chi connectivity index (χ2n) is 4.69. The third-order valence-electron chi connectivity index (χ3n) is 2.78. The van der Waals surface area contributed by atoms with Crippen LogP contribution in [0.3, 0.4) is 0 Å². The van der Waals surface area contributed by atoms with Crippen LogP contribution in [0.15, 0.2) is 24.4 Å². The largest absolute Gasteiger partial charge is 0.488 e. The molecule has 6 heteroatoms. The van der Waals surface area contributed by atoms with Crippen molar-refractivity contribution in [3.05, 3.63) is 35.8 Å². The minimum absolute atomic E-state index is 0.0264. The molecule has 94 valence electrons. The summed E-state index contributed by atoms with van der Waals surface area (Å²) < 4.78 is 13.8. The number of hydrogen-bond acceptors (Lipinski definition) is 4. The van der Waals surface area contributed by atoms with Gasteiger partial charge in [0.1, 0.15) is 11.3 Å². The van der Waals surface area contributed by atoms with Gasteiger partial charge < -0.3 is 15.2 Å². The van der Waals surface area contributed by atoms with E-state index in [0.717, 1.165) is 6.07 Å². The summed E-state index contributed by atoms with van der Waals surface area (Å²) >= 11 is 0. The summed E-state index contributed by atoms with van der Waals surface area (Å²) in [5.74, 6) is -0.651. The Bertz CT molecular complexity index is 596. The molecule has 0 unspecified atom stereocenters. The Morgan fingerprint density at radius 3 is 2.50 bits per heavy atom. The molecule has 0 bridgehead atoms. The van der Waals surface area contributed by atoms with Gasteiger partial charge in [-0.25, -0.2) is 4.39 Å². The van der Waals surface area contributed by atoms with Gasteiger partial charge in [-0.3, -0.25) is 4.98 Å². The van der Waals surface area contributed by atoms with Crippen molar-refractivity contribution in [2.45, 2.75) is 19.4 Å². The highest BCUT2D eigenvalue weighted by Crippen LogP contribution is 2.27. The Hall–Kier alpha value is -1.50. The smallest absolute Gasteiger partial charge is 0.423 e. The van der Waals surface area contributed by atoms with E-state index < -0.39 is 18.5 Å². The second-order valence-corrected chi connectivity index (χ2v) is 4.69. The molecule has 2 aromatic rings. The molecule has 1 aromatic carbocycles. The molecule has 0 saturated heterocycles. The Labute approximate surface area is 104 Å². The summed E-state index contributed by atoms with van der Waals surface area (Å²) in [6.07, 6.45) is 1.41. The summed E-state index contributed by atoms with van der Waals surface area (Å²) in [5, 5.41) is 28.6. The highest BCUT2D eigenvalue weighted by molar-refractivity contribution is 6.58. The van der Waals surface area contributed by atoms with Crippen LogP contribution in [0.25, 0.3) is 10.9 Å². The number of pyridine rings is 1. The van der Waals surface area contributed by atoms with E-state index >= 15 is 0 Å². The standard InChI is InChI=1S/C12H13BFNO3/c1-12(2,16)9-3-4-15-11-8(9)5-7(13(17)18)6-10(11)14/h3-6,16-18H,1-2H3. The number of halogens is 1. The van der Waals surface area contributed by atoms with Gasteiger partial charge in [0, 0.05) is 11.6 Å². The lowest BCUT2D eigenvalue weighted by Crippen LogP contribution is -2.30. The maximum Gasteiger partial charge on any atom is 0.488 e. The fourth-order valence-corrected chi connectivity index (χ4v) is 1.92. The number of rotatable bonds is 2. The summed E-state index contributed by atoms with van der Waals surface area (Å²) in [6, 6.07) is 4.02. The van der Waals surface area contributed by atoms with Crippen molar-refractivity contribution in [2.24, 2.45) is 0 Å². The van der Waals surface area contributed by atoms with Crippen LogP contribution in [-0.2, 0) is 5.60 Å². The van der Waals surface area contributed by atoms with Gasteiger partial charge in [0.05, 0.1) is 5.60 Å². The monoisotopic (exact) mass is 249 g/mol. The topological polar surface area (TPSA) is 73.6 Å². The van der Waals surface area contributed by atoms with Crippen LogP contribution in [0.1, 0.15) is 19.4 Å². The van der Waals surface area contributed by atoms with Crippen molar-refractivity contribution in [2.75, 3.05) is 0 Å². The molecule has 0 saturated carbocycles. The van der Waals surface area contributed by atoms with Gasteiger partial charge in [0.2, 0.25) is 0 Å². The normalized spacial score (nSPS) is 11.9. The summed E-state index contributed by atoms with van der Waals surface area (Å²) in [5.41, 5.74) is -0.571. The van der Waals surface area contributed by atoms with E-state index in [9.17, 15) is 9.50 Å². The average Bonchev–Trinajstić information content (AvgIpc) is 2.26. The van der Waals surface area contributed by atoms with Gasteiger partial charge in [-0.1, -0.05) is 6.07 Å². The first-order valence-corrected chi connectivity index (χ1v) is 5.48. The van der Waals surface area contributed by atoms with Crippen LogP contribution < -0.4 is 5.46 Å². The number of benzene rings is 1. The maximum atomic E-state index is 13.8. The molecule has 0 amide bonds. The molecule has 18 heavy (non-hydrogen) atoms. The van der Waals surface area contributed by atoms with Gasteiger partial charge in [-0.15, -0.1) is 0 Å². The Morgan fingerprint density at radius 2 is 1.94 bits per heavy atom. The first-order chi connectivity index (χ1) is 8.30. The van der Waals surface area contributed by atoms with Crippen LogP contribution in [0.5, 0.6) is 0 Å². The van der Waals surface area contributed by atoms with Crippen LogP contribution in [-0.4, -0.2) is 27.3 Å². The molecule has 2 rings (SSSR count). The highest BCUT2D eigenvalue weighted by Gasteiger charge is 2.22. The van der Waals surface area contributed by atoms with Gasteiger partial charge in [-0.05, 0) is 37.0 Å². The lowest BCUT2D eigenvalue weighted by molar-refractivity contribution is 0.0801. The molecule has 1 heterocycles. The second kappa shape index (κ2) is 4.31. The zero-order valence-corrected chi connectivity index (χ0v) is 10.1. The Kier molecular flexibility index (Phi) is 3.10. The highest BCUT2D eigenvalue weighted by atomic mass is 19.1. The van der Waals surface area contributed by atoms with Crippen molar-refractivity contribution < 1.29 is 19.5 Å². The Morgan fingerprint density at radius 1 is 1.28 bits per heavy atom. The van der Waals surface area contributed by atoms with Gasteiger partial charge >= 0.3 is 7.12 Å². The quantitative estimate of drug-likeness (QED) is 0.668. The number of hydrogen-bond donors (Lipinski definition) is 3. The molecule has 0 aliphatic rings. The molecule has 0 fully saturated rings. The van der Waals surface area contributed by atoms with Crippen molar-refractivity contribution in [3.8, 4) is 0 Å². The fourth-order valence-electron chi connectivity index (χ4n) is 1.92. The number of aromatic nitrogens is 1.